The molecule has 0 radical (unpaired) electrons. The number of fused-ring (bicyclic) bond motifs is 3. The SMILES string of the molecule is Br.CC[n+]1c(-c2ccccc2)c2cc(N)ccc2c2ccc(N)cc21.[I-]. The predicted molar refractivity (Wildman–Crippen MR) is 112 cm³/mol. The van der Waals surface area contributed by atoms with Crippen LogP contribution in [0.15, 0.2) is 66.7 Å². The van der Waals surface area contributed by atoms with E-state index in [-0.39, 0.29) is 41.0 Å². The number of nitrogens with zero attached hydrogens (tertiary/aromatic N) is 1. The summed E-state index contributed by atoms with van der Waals surface area (Å²) >= 11 is 0. The van der Waals surface area contributed by atoms with Crippen LogP contribution in [-0.2, 0) is 6.54 Å². The first-order valence-corrected chi connectivity index (χ1v) is 8.18. The van der Waals surface area contributed by atoms with Crippen LogP contribution in [0.4, 0.5) is 11.4 Å². The van der Waals surface area contributed by atoms with E-state index in [1.54, 1.807) is 0 Å². The monoisotopic (exact) mass is 521 g/mol. The maximum Gasteiger partial charge on any atom is 0.220 e. The number of nitrogen functional groups attached to an aromatic ring is 2. The molecule has 1 aromatic heterocycles. The molecule has 4 N–H and O–H groups in total. The van der Waals surface area contributed by atoms with Gasteiger partial charge in [0.15, 0.2) is 0 Å². The van der Waals surface area contributed by atoms with Gasteiger partial charge < -0.3 is 35.4 Å². The molecule has 0 amide bonds. The summed E-state index contributed by atoms with van der Waals surface area (Å²) in [4.78, 5) is 0. The molecule has 134 valence electrons. The van der Waals surface area contributed by atoms with Gasteiger partial charge in [-0.05, 0) is 43.3 Å². The Hall–Kier alpha value is -1.86. The quantitative estimate of drug-likeness (QED) is 0.183. The molecule has 0 saturated heterocycles. The number of anilines is 2. The summed E-state index contributed by atoms with van der Waals surface area (Å²) < 4.78 is 2.32. The molecule has 0 spiro atoms. The fraction of sp³-hybridized carbons (Fsp3) is 0.0952. The van der Waals surface area contributed by atoms with Crippen molar-refractivity contribution in [2.24, 2.45) is 0 Å². The fourth-order valence-electron chi connectivity index (χ4n) is 3.49. The van der Waals surface area contributed by atoms with Crippen molar-refractivity contribution in [2.45, 2.75) is 13.5 Å². The minimum absolute atomic E-state index is 0. The van der Waals surface area contributed by atoms with Crippen LogP contribution >= 0.6 is 17.0 Å². The summed E-state index contributed by atoms with van der Waals surface area (Å²) in [5.41, 5.74) is 17.2. The van der Waals surface area contributed by atoms with Gasteiger partial charge in [0, 0.05) is 28.4 Å². The third-order valence-electron chi connectivity index (χ3n) is 4.53. The number of aromatic nitrogens is 1. The van der Waals surface area contributed by atoms with Crippen molar-refractivity contribution in [3.8, 4) is 11.3 Å². The van der Waals surface area contributed by atoms with Gasteiger partial charge in [-0.1, -0.05) is 24.3 Å². The number of aryl methyl sites for hydroxylation is 1. The molecule has 0 bridgehead atoms. The van der Waals surface area contributed by atoms with E-state index in [1.165, 1.54) is 27.4 Å². The highest BCUT2D eigenvalue weighted by Gasteiger charge is 2.22. The first kappa shape index (κ1) is 20.5. The van der Waals surface area contributed by atoms with Gasteiger partial charge in [0.05, 0.1) is 10.8 Å². The van der Waals surface area contributed by atoms with Crippen molar-refractivity contribution >= 4 is 50.0 Å². The Morgan fingerprint density at radius 1 is 0.769 bits per heavy atom. The summed E-state index contributed by atoms with van der Waals surface area (Å²) in [7, 11) is 0. The van der Waals surface area contributed by atoms with Gasteiger partial charge >= 0.3 is 0 Å². The molecule has 0 unspecified atom stereocenters. The molecule has 26 heavy (non-hydrogen) atoms. The van der Waals surface area contributed by atoms with E-state index < -0.39 is 0 Å². The Bertz CT molecular complexity index is 1070. The molecule has 3 aromatic carbocycles. The van der Waals surface area contributed by atoms with Crippen molar-refractivity contribution in [3.63, 3.8) is 0 Å². The molecule has 0 aliphatic carbocycles. The fourth-order valence-corrected chi connectivity index (χ4v) is 3.49. The molecular formula is C21H21BrIN3. The first-order valence-electron chi connectivity index (χ1n) is 8.18. The van der Waals surface area contributed by atoms with Crippen molar-refractivity contribution in [1.29, 1.82) is 0 Å². The number of benzene rings is 3. The maximum absolute atomic E-state index is 6.10. The van der Waals surface area contributed by atoms with Crippen LogP contribution in [0, 0.1) is 0 Å². The zero-order valence-corrected chi connectivity index (χ0v) is 18.3. The van der Waals surface area contributed by atoms with Gasteiger partial charge in [-0.3, -0.25) is 0 Å². The minimum atomic E-state index is 0. The van der Waals surface area contributed by atoms with E-state index in [4.69, 9.17) is 11.5 Å². The smallest absolute Gasteiger partial charge is 0.220 e. The van der Waals surface area contributed by atoms with E-state index in [9.17, 15) is 0 Å². The molecule has 4 rings (SSSR count). The third-order valence-corrected chi connectivity index (χ3v) is 4.53. The predicted octanol–water partition coefficient (Wildman–Crippen LogP) is 1.71. The summed E-state index contributed by atoms with van der Waals surface area (Å²) in [6, 6.07) is 22.7. The van der Waals surface area contributed by atoms with Crippen LogP contribution in [-0.4, -0.2) is 0 Å². The molecule has 0 aliphatic rings. The highest BCUT2D eigenvalue weighted by Crippen LogP contribution is 2.33. The first-order chi connectivity index (χ1) is 11.7. The standard InChI is InChI=1S/C21H19N3.BrH.HI/c1-2-24-20-13-16(23)9-11-18(20)17-10-8-15(22)12-19(17)21(24)14-6-4-3-5-7-14;;/h3-13,23H,2,22H2,1H3;2*1H. The van der Waals surface area contributed by atoms with Crippen LogP contribution in [0.2, 0.25) is 0 Å². The Labute approximate surface area is 180 Å². The largest absolute Gasteiger partial charge is 1.00 e. The van der Waals surface area contributed by atoms with E-state index in [0.717, 1.165) is 23.4 Å². The third kappa shape index (κ3) is 3.38. The van der Waals surface area contributed by atoms with Crippen LogP contribution in [0.5, 0.6) is 0 Å². The number of halogens is 2. The minimum Gasteiger partial charge on any atom is -1.00 e. The van der Waals surface area contributed by atoms with E-state index in [1.807, 2.05) is 18.2 Å². The molecule has 3 nitrogen and oxygen atoms in total. The Balaban J connectivity index is 0.00000121. The molecule has 0 aliphatic heterocycles. The van der Waals surface area contributed by atoms with Crippen molar-refractivity contribution < 1.29 is 28.5 Å². The summed E-state index contributed by atoms with van der Waals surface area (Å²) in [6.45, 7) is 3.02. The molecule has 0 saturated carbocycles. The van der Waals surface area contributed by atoms with Gasteiger partial charge in [0.25, 0.3) is 0 Å². The lowest BCUT2D eigenvalue weighted by atomic mass is 9.98. The van der Waals surface area contributed by atoms with Crippen LogP contribution in [0.1, 0.15) is 6.92 Å². The van der Waals surface area contributed by atoms with Gasteiger partial charge in [-0.2, -0.15) is 4.57 Å². The number of hydrogen-bond donors (Lipinski definition) is 2. The van der Waals surface area contributed by atoms with Crippen LogP contribution in [0.25, 0.3) is 32.9 Å². The Morgan fingerprint density at radius 2 is 1.38 bits per heavy atom. The van der Waals surface area contributed by atoms with E-state index in [2.05, 4.69) is 60.0 Å². The molecule has 0 atom stereocenters. The van der Waals surface area contributed by atoms with Gasteiger partial charge in [-0.25, -0.2) is 0 Å². The van der Waals surface area contributed by atoms with Gasteiger partial charge in [-0.15, -0.1) is 17.0 Å². The van der Waals surface area contributed by atoms with Crippen molar-refractivity contribution in [3.05, 3.63) is 66.7 Å². The average molecular weight is 522 g/mol. The summed E-state index contributed by atoms with van der Waals surface area (Å²) in [5, 5.41) is 3.56. The zero-order chi connectivity index (χ0) is 16.7. The topological polar surface area (TPSA) is 55.9 Å². The lowest BCUT2D eigenvalue weighted by Gasteiger charge is -2.12. The van der Waals surface area contributed by atoms with Gasteiger partial charge in [0.1, 0.15) is 6.54 Å². The Morgan fingerprint density at radius 3 is 2.04 bits per heavy atom. The van der Waals surface area contributed by atoms with Crippen molar-refractivity contribution in [2.75, 3.05) is 11.5 Å². The zero-order valence-electron chi connectivity index (χ0n) is 14.4. The highest BCUT2D eigenvalue weighted by molar-refractivity contribution is 8.93. The number of pyridine rings is 1. The van der Waals surface area contributed by atoms with Crippen LogP contribution < -0.4 is 40.0 Å². The normalized spacial score (nSPS) is 10.3. The molecule has 1 heterocycles. The molecule has 4 aromatic rings. The van der Waals surface area contributed by atoms with Gasteiger partial charge in [0.2, 0.25) is 11.2 Å². The lowest BCUT2D eigenvalue weighted by Crippen LogP contribution is -3.00. The number of hydrogen-bond acceptors (Lipinski definition) is 2. The molecule has 5 heteroatoms. The number of rotatable bonds is 2. The van der Waals surface area contributed by atoms with Crippen LogP contribution in [0.3, 0.4) is 0 Å². The molecular weight excluding hydrogens is 501 g/mol. The second kappa shape index (κ2) is 8.22. The average Bonchev–Trinajstić information content (AvgIpc) is 2.61. The Kier molecular flexibility index (Phi) is 6.47. The maximum atomic E-state index is 6.10. The van der Waals surface area contributed by atoms with Crippen molar-refractivity contribution in [1.82, 2.24) is 0 Å². The second-order valence-corrected chi connectivity index (χ2v) is 6.04. The molecule has 0 fully saturated rings. The summed E-state index contributed by atoms with van der Waals surface area (Å²) in [6.07, 6.45) is 0. The summed E-state index contributed by atoms with van der Waals surface area (Å²) in [5.74, 6) is 0. The number of nitrogens with two attached hydrogens (primary N) is 2. The second-order valence-electron chi connectivity index (χ2n) is 6.04. The van der Waals surface area contributed by atoms with E-state index >= 15 is 0 Å². The lowest BCUT2D eigenvalue weighted by molar-refractivity contribution is -0.655. The highest BCUT2D eigenvalue weighted by atomic mass is 127. The van der Waals surface area contributed by atoms with E-state index in [0.29, 0.717) is 0 Å².